The van der Waals surface area contributed by atoms with Crippen LogP contribution in [0.1, 0.15) is 47.1 Å². The van der Waals surface area contributed by atoms with Crippen LogP contribution in [0.5, 0.6) is 0 Å². The van der Waals surface area contributed by atoms with Crippen LogP contribution < -0.4 is 0 Å². The van der Waals surface area contributed by atoms with E-state index in [0.29, 0.717) is 4.47 Å². The maximum Gasteiger partial charge on any atom is 0.285 e. The van der Waals surface area contributed by atoms with Gasteiger partial charge in [0.1, 0.15) is 11.4 Å². The Morgan fingerprint density at radius 3 is 2.04 bits per heavy atom. The summed E-state index contributed by atoms with van der Waals surface area (Å²) in [4.78, 5) is 0. The van der Waals surface area contributed by atoms with E-state index in [0.717, 1.165) is 26.8 Å². The molecule has 0 aliphatic carbocycles. The first-order valence-electron chi connectivity index (χ1n) is 7.48. The molecule has 0 unspecified atom stereocenters. The molecule has 2 nitrogen and oxygen atoms in total. The molecule has 1 rings (SSSR count). The number of rotatable bonds is 5. The topological polar surface area (TPSA) is 37.3 Å². The van der Waals surface area contributed by atoms with Crippen LogP contribution in [0.4, 0.5) is 13.2 Å². The largest absolute Gasteiger partial charge is 0.384 e. The zero-order valence-electron chi connectivity index (χ0n) is 14.7. The fraction of sp³-hybridized carbons (Fsp3) is 0.647. The van der Waals surface area contributed by atoms with Crippen LogP contribution in [0, 0.1) is 5.82 Å². The number of benzene rings is 1. The van der Waals surface area contributed by atoms with Gasteiger partial charge in [-0.1, -0.05) is 15.9 Å². The molecule has 1 aromatic carbocycles. The lowest BCUT2D eigenvalue weighted by atomic mass is 9.72. The molecule has 0 saturated heterocycles. The average molecular weight is 429 g/mol. The van der Waals surface area contributed by atoms with Gasteiger partial charge in [0, 0.05) is 31.3 Å². The van der Waals surface area contributed by atoms with Crippen LogP contribution in [0.3, 0.4) is 0 Å². The van der Waals surface area contributed by atoms with Gasteiger partial charge in [-0.05, 0) is 59.7 Å². The van der Waals surface area contributed by atoms with Crippen LogP contribution in [-0.2, 0) is 16.2 Å². The van der Waals surface area contributed by atoms with Gasteiger partial charge in [0.25, 0.3) is 5.92 Å². The molecule has 138 valence electrons. The number of hydrogen-bond acceptors (Lipinski definition) is 2. The average Bonchev–Trinajstić information content (AvgIpc) is 2.38. The minimum atomic E-state index is -3.72. The van der Waals surface area contributed by atoms with E-state index in [9.17, 15) is 13.7 Å². The standard InChI is InChI=1S/C17H24BrF3O2S/c1-14(2,3)24(23)10-16(6,17(20,21)15(4,5)22)12-9-11(18)7-8-13(12)19/h7-9,22H,10H2,1-6H3/t16-,24+/m1/s1. The smallest absolute Gasteiger partial charge is 0.285 e. The number of aliphatic hydroxyl groups is 1. The summed E-state index contributed by atoms with van der Waals surface area (Å²) < 4.78 is 57.0. The fourth-order valence-corrected chi connectivity index (χ4v) is 4.07. The highest BCUT2D eigenvalue weighted by Crippen LogP contribution is 2.48. The Hall–Kier alpha value is -0.400. The van der Waals surface area contributed by atoms with Crippen LogP contribution >= 0.6 is 15.9 Å². The van der Waals surface area contributed by atoms with E-state index in [2.05, 4.69) is 15.9 Å². The predicted molar refractivity (Wildman–Crippen MR) is 95.5 cm³/mol. The van der Waals surface area contributed by atoms with Gasteiger partial charge in [0.15, 0.2) is 0 Å². The molecule has 0 aliphatic rings. The Kier molecular flexibility index (Phi) is 6.06. The summed E-state index contributed by atoms with van der Waals surface area (Å²) in [5, 5.41) is 10.0. The summed E-state index contributed by atoms with van der Waals surface area (Å²) in [5.74, 6) is -5.03. The third-order valence-electron chi connectivity index (χ3n) is 4.09. The monoisotopic (exact) mass is 428 g/mol. The Morgan fingerprint density at radius 2 is 1.62 bits per heavy atom. The maximum atomic E-state index is 15.2. The Morgan fingerprint density at radius 1 is 1.12 bits per heavy atom. The normalized spacial score (nSPS) is 17.5. The molecule has 0 fully saturated rings. The fourth-order valence-electron chi connectivity index (χ4n) is 2.41. The van der Waals surface area contributed by atoms with Gasteiger partial charge in [-0.25, -0.2) is 13.2 Å². The van der Waals surface area contributed by atoms with Gasteiger partial charge in [0.05, 0.1) is 5.41 Å². The third-order valence-corrected chi connectivity index (χ3v) is 6.79. The second-order valence-electron chi connectivity index (χ2n) is 7.69. The highest BCUT2D eigenvalue weighted by atomic mass is 79.9. The van der Waals surface area contributed by atoms with Crippen molar-refractivity contribution in [3.05, 3.63) is 34.1 Å². The van der Waals surface area contributed by atoms with E-state index in [1.165, 1.54) is 12.1 Å². The molecule has 24 heavy (non-hydrogen) atoms. The molecular weight excluding hydrogens is 405 g/mol. The summed E-state index contributed by atoms with van der Waals surface area (Å²) in [6.07, 6.45) is 0. The molecule has 7 heteroatoms. The van der Waals surface area contributed by atoms with Gasteiger partial charge >= 0.3 is 0 Å². The maximum absolute atomic E-state index is 15.2. The lowest BCUT2D eigenvalue weighted by Crippen LogP contribution is -2.59. The minimum Gasteiger partial charge on any atom is -0.384 e. The SMILES string of the molecule is CC(C)(C)[S@@](=O)C[C@](C)(c1cc(Br)ccc1F)C(F)(F)C(C)(C)O. The van der Waals surface area contributed by atoms with E-state index in [1.807, 2.05) is 0 Å². The summed E-state index contributed by atoms with van der Waals surface area (Å²) in [5.41, 5.74) is -4.85. The Balaban J connectivity index is 3.64. The predicted octanol–water partition coefficient (Wildman–Crippen LogP) is 4.80. The molecule has 0 bridgehead atoms. The van der Waals surface area contributed by atoms with Crippen LogP contribution in [-0.4, -0.2) is 31.3 Å². The van der Waals surface area contributed by atoms with E-state index >= 15 is 8.78 Å². The summed E-state index contributed by atoms with van der Waals surface area (Å²) in [7, 11) is -1.68. The summed E-state index contributed by atoms with van der Waals surface area (Å²) in [6.45, 7) is 8.11. The molecule has 0 heterocycles. The van der Waals surface area contributed by atoms with Crippen molar-refractivity contribution in [2.75, 3.05) is 5.75 Å². The van der Waals surface area contributed by atoms with Gasteiger partial charge in [-0.2, -0.15) is 0 Å². The molecule has 1 aromatic rings. The lowest BCUT2D eigenvalue weighted by molar-refractivity contribution is -0.198. The van der Waals surface area contributed by atoms with Crippen LogP contribution in [0.25, 0.3) is 0 Å². The molecule has 2 atom stereocenters. The second kappa shape index (κ2) is 6.72. The molecular formula is C17H24BrF3O2S. The van der Waals surface area contributed by atoms with Gasteiger partial charge in [0.2, 0.25) is 0 Å². The van der Waals surface area contributed by atoms with Crippen LogP contribution in [0.2, 0.25) is 0 Å². The van der Waals surface area contributed by atoms with Crippen molar-refractivity contribution >= 4 is 26.7 Å². The first-order chi connectivity index (χ1) is 10.5. The summed E-state index contributed by atoms with van der Waals surface area (Å²) >= 11 is 3.16. The second-order valence-corrected chi connectivity index (χ2v) is 10.8. The van der Waals surface area contributed by atoms with Crippen molar-refractivity contribution in [3.8, 4) is 0 Å². The zero-order chi connectivity index (χ0) is 19.1. The number of hydrogen-bond donors (Lipinski definition) is 1. The van der Waals surface area contributed by atoms with Crippen molar-refractivity contribution < 1.29 is 22.5 Å². The molecule has 1 N–H and O–H groups in total. The third kappa shape index (κ3) is 4.05. The lowest BCUT2D eigenvalue weighted by Gasteiger charge is -2.44. The molecule has 0 aliphatic heterocycles. The van der Waals surface area contributed by atoms with E-state index < -0.39 is 44.1 Å². The quantitative estimate of drug-likeness (QED) is 0.730. The first-order valence-corrected chi connectivity index (χ1v) is 9.59. The van der Waals surface area contributed by atoms with Gasteiger partial charge in [-0.3, -0.25) is 4.21 Å². The Bertz CT molecular complexity index is 636. The van der Waals surface area contributed by atoms with Crippen molar-refractivity contribution in [1.29, 1.82) is 0 Å². The first kappa shape index (κ1) is 21.6. The summed E-state index contributed by atoms with van der Waals surface area (Å²) in [6, 6.07) is 3.75. The van der Waals surface area contributed by atoms with E-state index in [1.54, 1.807) is 20.8 Å². The number of alkyl halides is 2. The molecule has 0 amide bonds. The van der Waals surface area contributed by atoms with Crippen molar-refractivity contribution in [2.45, 2.75) is 63.2 Å². The molecule has 0 spiro atoms. The van der Waals surface area contributed by atoms with Gasteiger partial charge in [-0.15, -0.1) is 0 Å². The molecule has 0 aromatic heterocycles. The molecule has 0 radical (unpaired) electrons. The van der Waals surface area contributed by atoms with E-state index in [-0.39, 0.29) is 5.56 Å². The van der Waals surface area contributed by atoms with Crippen molar-refractivity contribution in [1.82, 2.24) is 0 Å². The zero-order valence-corrected chi connectivity index (χ0v) is 17.1. The molecule has 0 saturated carbocycles. The highest BCUT2D eigenvalue weighted by molar-refractivity contribution is 9.10. The van der Waals surface area contributed by atoms with Crippen molar-refractivity contribution in [3.63, 3.8) is 0 Å². The van der Waals surface area contributed by atoms with Crippen LogP contribution in [0.15, 0.2) is 22.7 Å². The highest BCUT2D eigenvalue weighted by Gasteiger charge is 2.61. The number of halogens is 4. The van der Waals surface area contributed by atoms with E-state index in [4.69, 9.17) is 0 Å². The Labute approximate surface area is 152 Å². The minimum absolute atomic E-state index is 0.276. The van der Waals surface area contributed by atoms with Crippen molar-refractivity contribution in [2.24, 2.45) is 0 Å². The van der Waals surface area contributed by atoms with Gasteiger partial charge < -0.3 is 5.11 Å².